The Kier molecular flexibility index (Phi) is 3.98. The van der Waals surface area contributed by atoms with Gasteiger partial charge >= 0.3 is 0 Å². The number of nitrogens with one attached hydrogen (secondary N) is 1. The highest BCUT2D eigenvalue weighted by Gasteiger charge is 2.21. The maximum absolute atomic E-state index is 5.95. The summed E-state index contributed by atoms with van der Waals surface area (Å²) in [5, 5.41) is 3.39. The molecule has 21 heavy (non-hydrogen) atoms. The Labute approximate surface area is 127 Å². The van der Waals surface area contributed by atoms with Crippen LogP contribution in [0.25, 0.3) is 11.1 Å². The molecule has 3 rings (SSSR count). The number of ether oxygens (including phenoxy) is 1. The van der Waals surface area contributed by atoms with Crippen molar-refractivity contribution in [3.63, 3.8) is 0 Å². The summed E-state index contributed by atoms with van der Waals surface area (Å²) in [5.41, 5.74) is 5.35. The molecular weight excluding hydrogens is 258 g/mol. The van der Waals surface area contributed by atoms with Crippen LogP contribution in [0.5, 0.6) is 5.75 Å². The molecule has 1 atom stereocenters. The average molecular weight is 281 g/mol. The molecule has 1 N–H and O–H groups in total. The van der Waals surface area contributed by atoms with Crippen LogP contribution in [0.1, 0.15) is 37.4 Å². The molecule has 1 aliphatic carbocycles. The fourth-order valence-corrected chi connectivity index (χ4v) is 3.15. The molecule has 1 aliphatic rings. The molecule has 0 spiro atoms. The minimum absolute atomic E-state index is 0.189. The Morgan fingerprint density at radius 1 is 1.14 bits per heavy atom. The molecule has 1 unspecified atom stereocenters. The van der Waals surface area contributed by atoms with E-state index in [1.165, 1.54) is 28.7 Å². The first-order valence-corrected chi connectivity index (χ1v) is 7.75. The molecule has 2 nitrogen and oxygen atoms in total. The Hall–Kier alpha value is -1.80. The molecule has 0 aromatic heterocycles. The zero-order valence-corrected chi connectivity index (χ0v) is 13.0. The molecule has 2 aromatic rings. The van der Waals surface area contributed by atoms with Crippen molar-refractivity contribution >= 4 is 0 Å². The lowest BCUT2D eigenvalue weighted by Crippen LogP contribution is -2.12. The molecule has 0 fully saturated rings. The molecule has 0 bridgehead atoms. The first-order valence-electron chi connectivity index (χ1n) is 7.75. The maximum atomic E-state index is 5.95. The fraction of sp³-hybridized carbons (Fsp3) is 0.368. The lowest BCUT2D eigenvalue weighted by atomic mass is 9.99. The van der Waals surface area contributed by atoms with E-state index in [4.69, 9.17) is 4.74 Å². The van der Waals surface area contributed by atoms with Crippen LogP contribution in [0, 0.1) is 0 Å². The summed E-state index contributed by atoms with van der Waals surface area (Å²) in [5.74, 6) is 0.968. The second kappa shape index (κ2) is 5.90. The van der Waals surface area contributed by atoms with Gasteiger partial charge in [0.2, 0.25) is 0 Å². The highest BCUT2D eigenvalue weighted by atomic mass is 16.5. The Balaban J connectivity index is 1.99. The highest BCUT2D eigenvalue weighted by Crippen LogP contribution is 2.36. The van der Waals surface area contributed by atoms with Crippen molar-refractivity contribution in [3.8, 4) is 16.9 Å². The van der Waals surface area contributed by atoms with E-state index in [1.54, 1.807) is 0 Å². The lowest BCUT2D eigenvalue weighted by Gasteiger charge is -2.15. The summed E-state index contributed by atoms with van der Waals surface area (Å²) >= 11 is 0. The predicted octanol–water partition coefficient (Wildman–Crippen LogP) is 4.35. The van der Waals surface area contributed by atoms with Crippen molar-refractivity contribution < 1.29 is 4.74 Å². The van der Waals surface area contributed by atoms with Gasteiger partial charge in [0, 0.05) is 11.6 Å². The Morgan fingerprint density at radius 3 is 2.71 bits per heavy atom. The third-order valence-corrected chi connectivity index (χ3v) is 4.13. The third kappa shape index (κ3) is 2.81. The van der Waals surface area contributed by atoms with E-state index < -0.39 is 0 Å². The van der Waals surface area contributed by atoms with E-state index >= 15 is 0 Å². The predicted molar refractivity (Wildman–Crippen MR) is 87.8 cm³/mol. The number of para-hydroxylation sites is 1. The smallest absolute Gasteiger partial charge is 0.127 e. The molecule has 0 aliphatic heterocycles. The molecule has 0 heterocycles. The normalized spacial score (nSPS) is 17.0. The minimum Gasteiger partial charge on any atom is -0.490 e. The van der Waals surface area contributed by atoms with Crippen LogP contribution in [0.15, 0.2) is 42.5 Å². The summed E-state index contributed by atoms with van der Waals surface area (Å²) < 4.78 is 5.95. The van der Waals surface area contributed by atoms with Crippen molar-refractivity contribution in [2.24, 2.45) is 0 Å². The summed E-state index contributed by atoms with van der Waals surface area (Å²) in [7, 11) is 2.04. The molecule has 2 aromatic carbocycles. The first-order chi connectivity index (χ1) is 10.2. The maximum Gasteiger partial charge on any atom is 0.127 e. The second-order valence-electron chi connectivity index (χ2n) is 5.96. The van der Waals surface area contributed by atoms with Gasteiger partial charge in [0.15, 0.2) is 0 Å². The van der Waals surface area contributed by atoms with Crippen LogP contribution in [-0.4, -0.2) is 13.2 Å². The quantitative estimate of drug-likeness (QED) is 0.899. The van der Waals surface area contributed by atoms with E-state index in [0.29, 0.717) is 6.04 Å². The van der Waals surface area contributed by atoms with Crippen LogP contribution in [0.4, 0.5) is 0 Å². The second-order valence-corrected chi connectivity index (χ2v) is 5.96. The van der Waals surface area contributed by atoms with Gasteiger partial charge in [0.05, 0.1) is 6.10 Å². The van der Waals surface area contributed by atoms with Crippen molar-refractivity contribution in [1.82, 2.24) is 5.32 Å². The number of benzene rings is 2. The highest BCUT2D eigenvalue weighted by molar-refractivity contribution is 5.71. The Morgan fingerprint density at radius 2 is 1.95 bits per heavy atom. The van der Waals surface area contributed by atoms with E-state index in [-0.39, 0.29) is 6.10 Å². The van der Waals surface area contributed by atoms with E-state index in [1.807, 2.05) is 13.1 Å². The summed E-state index contributed by atoms with van der Waals surface area (Å²) in [4.78, 5) is 0. The van der Waals surface area contributed by atoms with E-state index in [0.717, 1.165) is 12.2 Å². The minimum atomic E-state index is 0.189. The van der Waals surface area contributed by atoms with Crippen LogP contribution in [-0.2, 0) is 6.42 Å². The van der Waals surface area contributed by atoms with Crippen molar-refractivity contribution in [2.75, 3.05) is 7.05 Å². The SMILES string of the molecule is CNC1CCc2cc(-c3ccccc3OC(C)C)ccc21. The number of hydrogen-bond acceptors (Lipinski definition) is 2. The topological polar surface area (TPSA) is 21.3 Å². The summed E-state index contributed by atoms with van der Waals surface area (Å²) in [6.07, 6.45) is 2.54. The standard InChI is InChI=1S/C19H23NO/c1-13(2)21-19-7-5-4-6-17(19)15-8-10-16-14(12-15)9-11-18(16)20-3/h4-8,10,12-13,18,20H,9,11H2,1-3H3. The average Bonchev–Trinajstić information content (AvgIpc) is 2.89. The number of fused-ring (bicyclic) bond motifs is 1. The molecule has 0 radical (unpaired) electrons. The first kappa shape index (κ1) is 14.2. The van der Waals surface area contributed by atoms with Crippen molar-refractivity contribution in [3.05, 3.63) is 53.6 Å². The van der Waals surface area contributed by atoms with Crippen LogP contribution in [0.2, 0.25) is 0 Å². The van der Waals surface area contributed by atoms with E-state index in [9.17, 15) is 0 Å². The molecule has 0 saturated carbocycles. The summed E-state index contributed by atoms with van der Waals surface area (Å²) in [6.45, 7) is 4.13. The molecule has 2 heteroatoms. The van der Waals surface area contributed by atoms with Crippen molar-refractivity contribution in [2.45, 2.75) is 38.8 Å². The fourth-order valence-electron chi connectivity index (χ4n) is 3.15. The number of hydrogen-bond donors (Lipinski definition) is 1. The molecular formula is C19H23NO. The van der Waals surface area contributed by atoms with Gasteiger partial charge in [-0.2, -0.15) is 0 Å². The monoisotopic (exact) mass is 281 g/mol. The number of aryl methyl sites for hydroxylation is 1. The van der Waals surface area contributed by atoms with Gasteiger partial charge in [0.25, 0.3) is 0 Å². The number of rotatable bonds is 4. The van der Waals surface area contributed by atoms with Gasteiger partial charge in [0.1, 0.15) is 5.75 Å². The largest absolute Gasteiger partial charge is 0.490 e. The van der Waals surface area contributed by atoms with Crippen LogP contribution >= 0.6 is 0 Å². The summed E-state index contributed by atoms with van der Waals surface area (Å²) in [6, 6.07) is 15.6. The molecule has 0 amide bonds. The van der Waals surface area contributed by atoms with E-state index in [2.05, 4.69) is 55.6 Å². The third-order valence-electron chi connectivity index (χ3n) is 4.13. The van der Waals surface area contributed by atoms with Crippen molar-refractivity contribution in [1.29, 1.82) is 0 Å². The van der Waals surface area contributed by atoms with Gasteiger partial charge in [-0.05, 0) is 56.5 Å². The zero-order chi connectivity index (χ0) is 14.8. The molecule has 0 saturated heterocycles. The van der Waals surface area contributed by atoms with Crippen LogP contribution in [0.3, 0.4) is 0 Å². The Bertz CT molecular complexity index is 633. The van der Waals surface area contributed by atoms with Gasteiger partial charge in [-0.25, -0.2) is 0 Å². The van der Waals surface area contributed by atoms with Gasteiger partial charge < -0.3 is 10.1 Å². The van der Waals surface area contributed by atoms with Gasteiger partial charge in [-0.3, -0.25) is 0 Å². The lowest BCUT2D eigenvalue weighted by molar-refractivity contribution is 0.243. The van der Waals surface area contributed by atoms with Gasteiger partial charge in [-0.15, -0.1) is 0 Å². The molecule has 110 valence electrons. The van der Waals surface area contributed by atoms with Crippen LogP contribution < -0.4 is 10.1 Å². The zero-order valence-electron chi connectivity index (χ0n) is 13.0. The van der Waals surface area contributed by atoms with Gasteiger partial charge in [-0.1, -0.05) is 36.4 Å².